The Balaban J connectivity index is 2.80. The van der Waals surface area contributed by atoms with Crippen LogP contribution in [0.15, 0.2) is 30.3 Å². The second kappa shape index (κ2) is 7.37. The third-order valence-electron chi connectivity index (χ3n) is 3.19. The van der Waals surface area contributed by atoms with Crippen molar-refractivity contribution in [2.75, 3.05) is 0 Å². The second-order valence-electron chi connectivity index (χ2n) is 4.85. The van der Waals surface area contributed by atoms with Gasteiger partial charge in [-0.05, 0) is 31.4 Å². The van der Waals surface area contributed by atoms with Gasteiger partial charge in [0.15, 0.2) is 0 Å². The van der Waals surface area contributed by atoms with Gasteiger partial charge in [0.05, 0.1) is 0 Å². The molecule has 0 aromatic heterocycles. The van der Waals surface area contributed by atoms with Gasteiger partial charge in [0.1, 0.15) is 11.4 Å². The topological polar surface area (TPSA) is 9.23 Å². The summed E-state index contributed by atoms with van der Waals surface area (Å²) in [4.78, 5) is 0. The molecule has 1 heteroatoms. The summed E-state index contributed by atoms with van der Waals surface area (Å²) in [6.07, 6.45) is 7.03. The second-order valence-corrected chi connectivity index (χ2v) is 4.85. The zero-order chi connectivity index (χ0) is 12.6. The molecule has 1 aromatic carbocycles. The number of benzene rings is 1. The van der Waals surface area contributed by atoms with Crippen LogP contribution in [0.4, 0.5) is 0 Å². The van der Waals surface area contributed by atoms with Crippen LogP contribution in [0.2, 0.25) is 0 Å². The highest BCUT2D eigenvalue weighted by atomic mass is 16.5. The summed E-state index contributed by atoms with van der Waals surface area (Å²) in [6, 6.07) is 10.3. The third-order valence-corrected chi connectivity index (χ3v) is 3.19. The van der Waals surface area contributed by atoms with Crippen molar-refractivity contribution in [1.29, 1.82) is 0 Å². The average molecular weight is 234 g/mol. The summed E-state index contributed by atoms with van der Waals surface area (Å²) in [5.41, 5.74) is 0.0552. The molecule has 0 fully saturated rings. The van der Waals surface area contributed by atoms with Crippen LogP contribution >= 0.6 is 0 Å². The van der Waals surface area contributed by atoms with Crippen LogP contribution in [-0.2, 0) is 0 Å². The normalized spacial score (nSPS) is 11.5. The van der Waals surface area contributed by atoms with Gasteiger partial charge in [0, 0.05) is 0 Å². The van der Waals surface area contributed by atoms with Gasteiger partial charge >= 0.3 is 0 Å². The van der Waals surface area contributed by atoms with Crippen LogP contribution < -0.4 is 4.74 Å². The Hall–Kier alpha value is -0.980. The Kier molecular flexibility index (Phi) is 6.10. The molecule has 0 heterocycles. The van der Waals surface area contributed by atoms with Gasteiger partial charge in [-0.15, -0.1) is 0 Å². The fraction of sp³-hybridized carbons (Fsp3) is 0.625. The predicted molar refractivity (Wildman–Crippen MR) is 74.5 cm³/mol. The van der Waals surface area contributed by atoms with Crippen molar-refractivity contribution in [1.82, 2.24) is 0 Å². The van der Waals surface area contributed by atoms with E-state index in [1.165, 1.54) is 19.3 Å². The lowest BCUT2D eigenvalue weighted by Gasteiger charge is -2.34. The summed E-state index contributed by atoms with van der Waals surface area (Å²) in [7, 11) is 0. The van der Waals surface area contributed by atoms with Gasteiger partial charge in [-0.3, -0.25) is 0 Å². The van der Waals surface area contributed by atoms with E-state index in [1.807, 2.05) is 18.2 Å². The molecule has 0 unspecified atom stereocenters. The molecule has 0 bridgehead atoms. The fourth-order valence-corrected chi connectivity index (χ4v) is 2.63. The number of rotatable bonds is 8. The lowest BCUT2D eigenvalue weighted by Crippen LogP contribution is -2.35. The van der Waals surface area contributed by atoms with E-state index in [1.54, 1.807) is 0 Å². The third kappa shape index (κ3) is 4.41. The number of ether oxygens (including phenoxy) is 1. The molecular weight excluding hydrogens is 208 g/mol. The van der Waals surface area contributed by atoms with Crippen LogP contribution in [0.5, 0.6) is 5.75 Å². The van der Waals surface area contributed by atoms with Crippen LogP contribution in [0, 0.1) is 0 Å². The molecule has 0 aliphatic carbocycles. The summed E-state index contributed by atoms with van der Waals surface area (Å²) >= 11 is 0. The standard InChI is InChI=1S/C16H26O/c1-4-12-16(13-5-2,14-6-3)17-15-10-8-7-9-11-15/h7-11H,4-6,12-14H2,1-3H3. The molecule has 1 rings (SSSR count). The Morgan fingerprint density at radius 2 is 1.29 bits per heavy atom. The predicted octanol–water partition coefficient (Wildman–Crippen LogP) is 5.20. The minimum atomic E-state index is 0.0552. The van der Waals surface area contributed by atoms with Crippen molar-refractivity contribution in [2.24, 2.45) is 0 Å². The molecule has 1 nitrogen and oxygen atoms in total. The molecule has 17 heavy (non-hydrogen) atoms. The molecule has 0 saturated carbocycles. The van der Waals surface area contributed by atoms with Crippen LogP contribution in [-0.4, -0.2) is 5.60 Å². The largest absolute Gasteiger partial charge is 0.487 e. The van der Waals surface area contributed by atoms with E-state index in [2.05, 4.69) is 32.9 Å². The Morgan fingerprint density at radius 1 is 0.824 bits per heavy atom. The first-order chi connectivity index (χ1) is 8.26. The lowest BCUT2D eigenvalue weighted by molar-refractivity contribution is 0.0390. The molecule has 0 aliphatic rings. The number of hydrogen-bond acceptors (Lipinski definition) is 1. The SMILES string of the molecule is CCCC(CCC)(CCC)Oc1ccccc1. The van der Waals surface area contributed by atoms with E-state index in [0.717, 1.165) is 25.0 Å². The van der Waals surface area contributed by atoms with Crippen molar-refractivity contribution in [3.8, 4) is 5.75 Å². The van der Waals surface area contributed by atoms with E-state index in [4.69, 9.17) is 4.74 Å². The molecule has 0 radical (unpaired) electrons. The molecule has 0 atom stereocenters. The zero-order valence-electron chi connectivity index (χ0n) is 11.5. The Labute approximate surface area is 106 Å². The average Bonchev–Trinajstić information content (AvgIpc) is 2.31. The van der Waals surface area contributed by atoms with E-state index < -0.39 is 0 Å². The van der Waals surface area contributed by atoms with E-state index in [9.17, 15) is 0 Å². The minimum Gasteiger partial charge on any atom is -0.487 e. The Morgan fingerprint density at radius 3 is 1.71 bits per heavy atom. The number of para-hydroxylation sites is 1. The fourth-order valence-electron chi connectivity index (χ4n) is 2.63. The molecule has 0 amide bonds. The highest BCUT2D eigenvalue weighted by Gasteiger charge is 2.29. The smallest absolute Gasteiger partial charge is 0.120 e. The number of hydrogen-bond donors (Lipinski definition) is 0. The Bertz CT molecular complexity index is 275. The molecule has 1 aromatic rings. The van der Waals surface area contributed by atoms with Gasteiger partial charge < -0.3 is 4.74 Å². The van der Waals surface area contributed by atoms with Crippen molar-refractivity contribution in [3.05, 3.63) is 30.3 Å². The van der Waals surface area contributed by atoms with Gasteiger partial charge in [-0.1, -0.05) is 58.2 Å². The van der Waals surface area contributed by atoms with Crippen molar-refractivity contribution < 1.29 is 4.74 Å². The summed E-state index contributed by atoms with van der Waals surface area (Å²) < 4.78 is 6.32. The monoisotopic (exact) mass is 234 g/mol. The maximum atomic E-state index is 6.32. The van der Waals surface area contributed by atoms with Gasteiger partial charge in [0.25, 0.3) is 0 Å². The van der Waals surface area contributed by atoms with Crippen molar-refractivity contribution in [3.63, 3.8) is 0 Å². The first kappa shape index (κ1) is 14.1. The van der Waals surface area contributed by atoms with Crippen LogP contribution in [0.25, 0.3) is 0 Å². The quantitative estimate of drug-likeness (QED) is 0.600. The molecule has 96 valence electrons. The maximum Gasteiger partial charge on any atom is 0.120 e. The lowest BCUT2D eigenvalue weighted by atomic mass is 9.88. The molecule has 0 aliphatic heterocycles. The minimum absolute atomic E-state index is 0.0552. The van der Waals surface area contributed by atoms with E-state index in [0.29, 0.717) is 0 Å². The molecule has 0 N–H and O–H groups in total. The van der Waals surface area contributed by atoms with E-state index >= 15 is 0 Å². The van der Waals surface area contributed by atoms with Gasteiger partial charge in [-0.2, -0.15) is 0 Å². The maximum absolute atomic E-state index is 6.32. The first-order valence-electron chi connectivity index (χ1n) is 7.00. The van der Waals surface area contributed by atoms with Crippen molar-refractivity contribution >= 4 is 0 Å². The van der Waals surface area contributed by atoms with Gasteiger partial charge in [0.2, 0.25) is 0 Å². The summed E-state index contributed by atoms with van der Waals surface area (Å²) in [5, 5.41) is 0. The highest BCUT2D eigenvalue weighted by molar-refractivity contribution is 5.22. The summed E-state index contributed by atoms with van der Waals surface area (Å²) in [6.45, 7) is 6.73. The first-order valence-corrected chi connectivity index (χ1v) is 7.00. The zero-order valence-corrected chi connectivity index (χ0v) is 11.5. The molecule has 0 spiro atoms. The molecular formula is C16H26O. The molecule has 0 saturated heterocycles. The summed E-state index contributed by atoms with van der Waals surface area (Å²) in [5.74, 6) is 1.02. The van der Waals surface area contributed by atoms with Crippen LogP contribution in [0.3, 0.4) is 0 Å². The van der Waals surface area contributed by atoms with Crippen LogP contribution in [0.1, 0.15) is 59.3 Å². The highest BCUT2D eigenvalue weighted by Crippen LogP contribution is 2.31. The van der Waals surface area contributed by atoms with Gasteiger partial charge in [-0.25, -0.2) is 0 Å². The van der Waals surface area contributed by atoms with Crippen molar-refractivity contribution in [2.45, 2.75) is 64.9 Å². The van der Waals surface area contributed by atoms with E-state index in [-0.39, 0.29) is 5.60 Å².